The van der Waals surface area contributed by atoms with Crippen LogP contribution in [0.3, 0.4) is 0 Å². The fourth-order valence-corrected chi connectivity index (χ4v) is 11.6. The number of carbonyl (C=O) groups is 2. The Hall–Kier alpha value is -1.48. The molecule has 64 heavy (non-hydrogen) atoms. The lowest BCUT2D eigenvalue weighted by Crippen LogP contribution is -2.37. The van der Waals surface area contributed by atoms with Crippen molar-refractivity contribution < 1.29 is 9.59 Å². The van der Waals surface area contributed by atoms with E-state index in [1.165, 1.54) is 180 Å². The van der Waals surface area contributed by atoms with Crippen LogP contribution in [0.4, 0.5) is 11.4 Å². The fourth-order valence-electron chi connectivity index (χ4n) is 9.33. The van der Waals surface area contributed by atoms with Gasteiger partial charge in [0.25, 0.3) is 11.8 Å². The van der Waals surface area contributed by atoms with Crippen molar-refractivity contribution in [3.8, 4) is 0 Å². The van der Waals surface area contributed by atoms with Crippen LogP contribution in [0.2, 0.25) is 0 Å². The summed E-state index contributed by atoms with van der Waals surface area (Å²) in [5.41, 5.74) is 3.13. The summed E-state index contributed by atoms with van der Waals surface area (Å²) in [4.78, 5) is 33.7. The summed E-state index contributed by atoms with van der Waals surface area (Å²) in [5, 5.41) is 8.39. The van der Waals surface area contributed by atoms with E-state index in [9.17, 15) is 9.59 Å². The number of nitrogens with zero attached hydrogens (tertiary/aromatic N) is 2. The van der Waals surface area contributed by atoms with E-state index in [-0.39, 0.29) is 11.8 Å². The van der Waals surface area contributed by atoms with E-state index in [1.807, 2.05) is 21.9 Å². The molecule has 0 radical (unpaired) electrons. The Labute approximate surface area is 418 Å². The summed E-state index contributed by atoms with van der Waals surface area (Å²) in [6, 6.07) is 7.99. The number of anilines is 2. The van der Waals surface area contributed by atoms with Gasteiger partial charge in [-0.3, -0.25) is 9.59 Å². The number of hydrogen-bond acceptors (Lipinski definition) is 4. The van der Waals surface area contributed by atoms with E-state index in [1.54, 1.807) is 22.7 Å². The first kappa shape index (κ1) is 56.8. The molecule has 4 nitrogen and oxygen atoms in total. The van der Waals surface area contributed by atoms with Gasteiger partial charge in [-0.05, 0) is 104 Å². The zero-order valence-corrected chi connectivity index (χ0v) is 45.9. The Kier molecular flexibility index (Phi) is 32.5. The van der Waals surface area contributed by atoms with Gasteiger partial charge in [-0.1, -0.05) is 207 Å². The van der Waals surface area contributed by atoms with E-state index >= 15 is 0 Å². The van der Waals surface area contributed by atoms with Crippen LogP contribution < -0.4 is 9.80 Å². The molecule has 0 N–H and O–H groups in total. The molecule has 2 aromatic heterocycles. The molecule has 0 aliphatic carbocycles. The molecule has 0 fully saturated rings. The number of halogens is 2. The lowest BCUT2D eigenvalue weighted by molar-refractivity contribution is 0.0969. The third-order valence-electron chi connectivity index (χ3n) is 13.4. The maximum Gasteiger partial charge on any atom is 0.259 e. The van der Waals surface area contributed by atoms with E-state index in [0.29, 0.717) is 31.9 Å². The maximum absolute atomic E-state index is 14.8. The van der Waals surface area contributed by atoms with Crippen LogP contribution in [0.25, 0.3) is 0 Å². The molecule has 2 unspecified atom stereocenters. The summed E-state index contributed by atoms with van der Waals surface area (Å²) in [6.07, 6.45) is 41.1. The third kappa shape index (κ3) is 23.0. The molecule has 362 valence electrons. The van der Waals surface area contributed by atoms with Crippen molar-refractivity contribution in [2.45, 2.75) is 233 Å². The molecule has 1 aromatic carbocycles. The summed E-state index contributed by atoms with van der Waals surface area (Å²) < 4.78 is 1.35. The van der Waals surface area contributed by atoms with Crippen molar-refractivity contribution in [3.05, 3.63) is 65.9 Å². The number of benzene rings is 1. The highest BCUT2D eigenvalue weighted by molar-refractivity contribution is 9.11. The van der Waals surface area contributed by atoms with Crippen molar-refractivity contribution in [1.82, 2.24) is 0 Å². The zero-order chi connectivity index (χ0) is 46.0. The van der Waals surface area contributed by atoms with Crippen molar-refractivity contribution in [2.24, 2.45) is 11.8 Å². The molecule has 2 atom stereocenters. The van der Waals surface area contributed by atoms with Crippen molar-refractivity contribution in [1.29, 1.82) is 0 Å². The van der Waals surface area contributed by atoms with Gasteiger partial charge in [0.15, 0.2) is 0 Å². The second kappa shape index (κ2) is 36.5. The van der Waals surface area contributed by atoms with Crippen LogP contribution >= 0.6 is 54.5 Å². The zero-order valence-electron chi connectivity index (χ0n) is 41.1. The third-order valence-corrected chi connectivity index (χ3v) is 16.0. The van der Waals surface area contributed by atoms with Gasteiger partial charge in [0.05, 0.1) is 22.5 Å². The Morgan fingerprint density at radius 2 is 0.703 bits per heavy atom. The Bertz CT molecular complexity index is 1480. The molecule has 0 aliphatic heterocycles. The first-order valence-electron chi connectivity index (χ1n) is 26.5. The molecule has 0 aliphatic rings. The second-order valence-electron chi connectivity index (χ2n) is 19.0. The summed E-state index contributed by atoms with van der Waals surface area (Å²) in [5.74, 6) is 0.890. The first-order chi connectivity index (χ1) is 31.3. The van der Waals surface area contributed by atoms with Crippen molar-refractivity contribution in [2.75, 3.05) is 22.9 Å². The standard InChI is InChI=1S/C56H90Br2N2O2S2/c1-5-9-13-17-21-23-27-31-35-47(33-29-25-19-15-11-7-3)43-59(49-37-39-63-45-49)55(61)51-41-54(58)52(42-53(51)57)56(62)60(50-38-40-64-46-50)44-48(34-30-26-20-16-12-8-4)36-32-28-24-22-18-14-10-6-2/h37-42,45-48H,5-36,43-44H2,1-4H3. The molecular weight excluding hydrogens is 957 g/mol. The van der Waals surface area contributed by atoms with E-state index in [4.69, 9.17) is 0 Å². The lowest BCUT2D eigenvalue weighted by atomic mass is 9.93. The Morgan fingerprint density at radius 1 is 0.438 bits per heavy atom. The molecule has 0 saturated carbocycles. The molecule has 0 saturated heterocycles. The van der Waals surface area contributed by atoms with E-state index < -0.39 is 0 Å². The van der Waals surface area contributed by atoms with Gasteiger partial charge in [0.2, 0.25) is 0 Å². The predicted octanol–water partition coefficient (Wildman–Crippen LogP) is 20.4. The number of unbranched alkanes of at least 4 members (excludes halogenated alkanes) is 24. The second-order valence-corrected chi connectivity index (χ2v) is 22.2. The van der Waals surface area contributed by atoms with Gasteiger partial charge in [-0.2, -0.15) is 22.7 Å². The average molecular weight is 1050 g/mol. The number of rotatable bonds is 40. The van der Waals surface area contributed by atoms with Crippen LogP contribution in [0, 0.1) is 11.8 Å². The van der Waals surface area contributed by atoms with Crippen LogP contribution in [0.5, 0.6) is 0 Å². The highest BCUT2D eigenvalue weighted by Gasteiger charge is 2.28. The monoisotopic (exact) mass is 1040 g/mol. The molecule has 2 amide bonds. The van der Waals surface area contributed by atoms with Gasteiger partial charge >= 0.3 is 0 Å². The maximum atomic E-state index is 14.8. The van der Waals surface area contributed by atoms with Crippen molar-refractivity contribution in [3.63, 3.8) is 0 Å². The summed E-state index contributed by atoms with van der Waals surface area (Å²) in [7, 11) is 0. The number of carbonyl (C=O) groups excluding carboxylic acids is 2. The summed E-state index contributed by atoms with van der Waals surface area (Å²) in [6.45, 7) is 10.6. The van der Waals surface area contributed by atoms with Crippen LogP contribution in [-0.2, 0) is 0 Å². The minimum atomic E-state index is -0.00658. The summed E-state index contributed by atoms with van der Waals surface area (Å²) >= 11 is 11.0. The smallest absolute Gasteiger partial charge is 0.259 e. The lowest BCUT2D eigenvalue weighted by Gasteiger charge is -2.29. The average Bonchev–Trinajstić information content (AvgIpc) is 4.05. The SMILES string of the molecule is CCCCCCCCCCC(CCCCCCCC)CN(C(=O)c1cc(Br)c(C(=O)N(CC(CCCCCCCC)CCCCCCCCCC)c2ccsc2)cc1Br)c1ccsc1. The molecule has 8 heteroatoms. The normalized spacial score (nSPS) is 12.5. The highest BCUT2D eigenvalue weighted by atomic mass is 79.9. The van der Waals surface area contributed by atoms with E-state index in [2.05, 4.69) is 93.2 Å². The number of amides is 2. The van der Waals surface area contributed by atoms with Gasteiger partial charge in [0, 0.05) is 32.8 Å². The molecule has 0 bridgehead atoms. The highest BCUT2D eigenvalue weighted by Crippen LogP contribution is 2.34. The predicted molar refractivity (Wildman–Crippen MR) is 291 cm³/mol. The van der Waals surface area contributed by atoms with Gasteiger partial charge in [-0.15, -0.1) is 0 Å². The fraction of sp³-hybridized carbons (Fsp3) is 0.714. The van der Waals surface area contributed by atoms with Gasteiger partial charge in [-0.25, -0.2) is 0 Å². The molecule has 2 heterocycles. The van der Waals surface area contributed by atoms with Crippen LogP contribution in [-0.4, -0.2) is 24.9 Å². The molecular formula is C56H90Br2N2O2S2. The minimum absolute atomic E-state index is 0.00658. The topological polar surface area (TPSA) is 40.6 Å². The number of hydrogen-bond donors (Lipinski definition) is 0. The Morgan fingerprint density at radius 3 is 0.953 bits per heavy atom. The molecule has 3 rings (SSSR count). The Balaban J connectivity index is 1.80. The van der Waals surface area contributed by atoms with Gasteiger partial charge in [0.1, 0.15) is 0 Å². The van der Waals surface area contributed by atoms with E-state index in [0.717, 1.165) is 50.1 Å². The molecule has 0 spiro atoms. The molecule has 3 aromatic rings. The van der Waals surface area contributed by atoms with Gasteiger partial charge < -0.3 is 9.80 Å². The van der Waals surface area contributed by atoms with Crippen LogP contribution in [0.1, 0.15) is 254 Å². The van der Waals surface area contributed by atoms with Crippen molar-refractivity contribution >= 4 is 77.7 Å². The largest absolute Gasteiger partial charge is 0.307 e. The first-order valence-corrected chi connectivity index (χ1v) is 30.0. The minimum Gasteiger partial charge on any atom is -0.307 e. The number of thiophene rings is 2. The van der Waals surface area contributed by atoms with Crippen LogP contribution in [0.15, 0.2) is 54.7 Å². The quantitative estimate of drug-likeness (QED) is 0.0533.